The van der Waals surface area contributed by atoms with Gasteiger partial charge in [0.15, 0.2) is 6.61 Å². The van der Waals surface area contributed by atoms with Gasteiger partial charge in [0, 0.05) is 23.7 Å². The number of carbonyl (C=O) groups is 5. The van der Waals surface area contributed by atoms with E-state index in [-0.39, 0.29) is 55.6 Å². The molecule has 0 aliphatic carbocycles. The molecule has 0 saturated carbocycles. The monoisotopic (exact) mass is 1300 g/mol. The van der Waals surface area contributed by atoms with Gasteiger partial charge >= 0.3 is 12.1 Å². The molecule has 7 rings (SSSR count). The Morgan fingerprint density at radius 1 is 0.688 bits per heavy atom. The van der Waals surface area contributed by atoms with Crippen LogP contribution in [0.5, 0.6) is 17.2 Å². The Balaban J connectivity index is 1.14. The van der Waals surface area contributed by atoms with E-state index in [4.69, 9.17) is 29.1 Å². The van der Waals surface area contributed by atoms with Gasteiger partial charge in [-0.05, 0) is 187 Å². The summed E-state index contributed by atoms with van der Waals surface area (Å²) in [5.41, 5.74) is 3.62. The van der Waals surface area contributed by atoms with Crippen LogP contribution in [0.15, 0.2) is 108 Å². The lowest BCUT2D eigenvalue weighted by atomic mass is 9.81. The highest BCUT2D eigenvalue weighted by Gasteiger charge is 2.39. The maximum absolute atomic E-state index is 15.0. The highest BCUT2D eigenvalue weighted by Crippen LogP contribution is 2.47. The molecule has 4 amide bonds. The van der Waals surface area contributed by atoms with E-state index in [1.807, 2.05) is 131 Å². The molecule has 6 aromatic carbocycles. The van der Waals surface area contributed by atoms with Crippen LogP contribution in [0, 0.1) is 43.9 Å². The fraction of sp³-hybridized carbons (Fsp3) is 0.479. The van der Waals surface area contributed by atoms with E-state index in [0.29, 0.717) is 72.1 Å². The van der Waals surface area contributed by atoms with E-state index in [9.17, 15) is 32.4 Å². The number of fused-ring (bicyclic) bond motifs is 3. The van der Waals surface area contributed by atoms with E-state index in [0.717, 1.165) is 43.8 Å². The summed E-state index contributed by atoms with van der Waals surface area (Å²) in [6, 6.07) is 28.7. The fourth-order valence-corrected chi connectivity index (χ4v) is 12.8. The highest BCUT2D eigenvalue weighted by molar-refractivity contribution is 7.90. The second-order valence-corrected chi connectivity index (χ2v) is 28.2. The van der Waals surface area contributed by atoms with E-state index in [1.54, 1.807) is 41.5 Å². The van der Waals surface area contributed by atoms with Gasteiger partial charge in [-0.15, -0.1) is 0 Å². The van der Waals surface area contributed by atoms with E-state index in [1.165, 1.54) is 0 Å². The predicted molar refractivity (Wildman–Crippen MR) is 365 cm³/mol. The summed E-state index contributed by atoms with van der Waals surface area (Å²) in [4.78, 5) is 70.7. The van der Waals surface area contributed by atoms with Gasteiger partial charge in [-0.3, -0.25) is 19.8 Å². The van der Waals surface area contributed by atoms with Crippen LogP contribution in [-0.2, 0) is 51.7 Å². The number of hydrogen-bond acceptors (Lipinski definition) is 13. The zero-order chi connectivity index (χ0) is 68.0. The molecule has 0 saturated heterocycles. The van der Waals surface area contributed by atoms with Crippen LogP contribution in [0.2, 0.25) is 0 Å². The standard InChI is InChI=1S/C73H97N7O12S/c1-15-25-59(69(84)90-42-51-27-17-16-18-28-51)79-68(83)58(34-24-39-75-70(74)80-93(86,87)66-49(8)48(7)65-56(50(66)9)40-46(5)73(13,14)91-65)78-67(82)57(33-23-26-47(6)76-71(85)92-72(10,11)12)77-62(81)43-89-61-38-36-53-30-20-22-32-55(53)64(61)63-54-31-21-19-29-52(54)35-37-60(63)88-41-45(4)44(2)3/h16-22,27-32,35-38,44-47,57-59H,15,23-26,33-34,39-43H2,1-14H3,(H,76,85)(H,77,81)(H,78,82)(H,79,83)(H3,74,75,80)/t45-,46-,47+,57-,58-,59+/m1/s1. The second kappa shape index (κ2) is 32.0. The minimum Gasteiger partial charge on any atom is -0.493 e. The summed E-state index contributed by atoms with van der Waals surface area (Å²) < 4.78 is 61.6. The fourth-order valence-electron chi connectivity index (χ4n) is 11.3. The third-order valence-corrected chi connectivity index (χ3v) is 19.1. The molecule has 20 heteroatoms. The molecular weight excluding hydrogens is 1200 g/mol. The Kier molecular flexibility index (Phi) is 24.8. The van der Waals surface area contributed by atoms with Crippen LogP contribution in [0.25, 0.3) is 32.7 Å². The van der Waals surface area contributed by atoms with Gasteiger partial charge in [-0.25, -0.2) is 22.7 Å². The summed E-state index contributed by atoms with van der Waals surface area (Å²) >= 11 is 0. The van der Waals surface area contributed by atoms with Crippen molar-refractivity contribution >= 4 is 67.3 Å². The molecule has 0 radical (unpaired) electrons. The van der Waals surface area contributed by atoms with Crippen LogP contribution < -0.4 is 45.5 Å². The van der Waals surface area contributed by atoms with Crippen molar-refractivity contribution in [3.05, 3.63) is 131 Å². The SMILES string of the molecule is CCC[C@H](NC(=O)[C@@H](CCCNC(=N)NS(=O)(=O)c1c(C)c(C)c2c(c1C)C[C@@H](C)C(C)(C)O2)NC(=O)[C@@H](CCC[C@H](C)NC(=O)OC(C)(C)C)NC(=O)COc1ccc2ccccc2c1-c1c(OC[C@@H](C)C(C)C)ccc2ccccc12)C(=O)OCc1ccccc1. The van der Waals surface area contributed by atoms with Crippen LogP contribution in [0.4, 0.5) is 4.79 Å². The molecule has 1 heterocycles. The first-order valence-corrected chi connectivity index (χ1v) is 34.0. The van der Waals surface area contributed by atoms with Gasteiger partial charge in [0.2, 0.25) is 17.8 Å². The Morgan fingerprint density at radius 2 is 1.26 bits per heavy atom. The van der Waals surface area contributed by atoms with Gasteiger partial charge in [-0.1, -0.05) is 132 Å². The number of hydrogen-bond donors (Lipinski definition) is 7. The second-order valence-electron chi connectivity index (χ2n) is 26.6. The van der Waals surface area contributed by atoms with Crippen molar-refractivity contribution in [2.24, 2.45) is 17.8 Å². The first kappa shape index (κ1) is 72.0. The average molecular weight is 1300 g/mol. The molecule has 1 aliphatic rings. The summed E-state index contributed by atoms with van der Waals surface area (Å²) in [7, 11) is -4.30. The zero-order valence-corrected chi connectivity index (χ0v) is 57.5. The number of rotatable bonds is 29. The number of benzene rings is 6. The molecule has 0 fully saturated rings. The number of alkyl carbamates (subject to hydrolysis) is 1. The molecule has 7 N–H and O–H groups in total. The Hall–Kier alpha value is -8.39. The molecule has 19 nitrogen and oxygen atoms in total. The number of nitrogens with one attached hydrogen (secondary N) is 7. The maximum atomic E-state index is 15.0. The third-order valence-electron chi connectivity index (χ3n) is 17.5. The van der Waals surface area contributed by atoms with Crippen molar-refractivity contribution in [1.82, 2.24) is 31.3 Å². The summed E-state index contributed by atoms with van der Waals surface area (Å²) in [6.45, 7) is 26.7. The minimum absolute atomic E-state index is 0.0274. The van der Waals surface area contributed by atoms with Gasteiger partial charge < -0.3 is 50.3 Å². The van der Waals surface area contributed by atoms with Crippen molar-refractivity contribution in [2.75, 3.05) is 19.8 Å². The quantitative estimate of drug-likeness (QED) is 0.00999. The maximum Gasteiger partial charge on any atom is 0.407 e. The van der Waals surface area contributed by atoms with E-state index < -0.39 is 87.7 Å². The van der Waals surface area contributed by atoms with E-state index in [2.05, 4.69) is 59.0 Å². The molecule has 1 aliphatic heterocycles. The normalized spacial score (nSPS) is 15.3. The van der Waals surface area contributed by atoms with E-state index >= 15 is 0 Å². The van der Waals surface area contributed by atoms with Crippen molar-refractivity contribution in [2.45, 2.75) is 195 Å². The first-order valence-electron chi connectivity index (χ1n) is 32.5. The van der Waals surface area contributed by atoms with Crippen molar-refractivity contribution in [1.29, 1.82) is 5.41 Å². The topological polar surface area (TPSA) is 262 Å². The number of amides is 4. The first-order chi connectivity index (χ1) is 44.0. The van der Waals surface area contributed by atoms with Crippen LogP contribution in [0.1, 0.15) is 149 Å². The van der Waals surface area contributed by atoms with Crippen molar-refractivity contribution in [3.8, 4) is 28.4 Å². The van der Waals surface area contributed by atoms with Crippen LogP contribution >= 0.6 is 0 Å². The number of ether oxygens (including phenoxy) is 5. The molecule has 0 aromatic heterocycles. The van der Waals surface area contributed by atoms with Crippen LogP contribution in [0.3, 0.4) is 0 Å². The summed E-state index contributed by atoms with van der Waals surface area (Å²) in [6.07, 6.45) is 1.47. The average Bonchev–Trinajstić information content (AvgIpc) is 0.755. The van der Waals surface area contributed by atoms with Crippen molar-refractivity contribution in [3.63, 3.8) is 0 Å². The molecule has 0 bridgehead atoms. The van der Waals surface area contributed by atoms with Gasteiger partial charge in [0.05, 0.1) is 11.5 Å². The molecule has 6 atom stereocenters. The van der Waals surface area contributed by atoms with Gasteiger partial charge in [-0.2, -0.15) is 0 Å². The minimum atomic E-state index is -4.30. The predicted octanol–water partition coefficient (Wildman–Crippen LogP) is 12.3. The Bertz CT molecular complexity index is 3750. The smallest absolute Gasteiger partial charge is 0.407 e. The third kappa shape index (κ3) is 19.4. The molecule has 6 aromatic rings. The number of esters is 1. The Morgan fingerprint density at radius 3 is 1.86 bits per heavy atom. The lowest BCUT2D eigenvalue weighted by Crippen LogP contribution is -2.56. The zero-order valence-electron chi connectivity index (χ0n) is 56.6. The Labute approximate surface area is 549 Å². The molecule has 502 valence electrons. The molecule has 0 spiro atoms. The number of guanidine groups is 1. The van der Waals surface area contributed by atoms with Gasteiger partial charge in [0.25, 0.3) is 15.9 Å². The number of carbonyl (C=O) groups excluding carboxylic acids is 5. The van der Waals surface area contributed by atoms with Gasteiger partial charge in [0.1, 0.15) is 53.2 Å². The largest absolute Gasteiger partial charge is 0.493 e. The number of sulfonamides is 1. The summed E-state index contributed by atoms with van der Waals surface area (Å²) in [5, 5.41) is 26.7. The summed E-state index contributed by atoms with van der Waals surface area (Å²) in [5.74, 6) is -0.835. The molecule has 93 heavy (non-hydrogen) atoms. The highest BCUT2D eigenvalue weighted by atomic mass is 32.2. The van der Waals surface area contributed by atoms with Crippen molar-refractivity contribution < 1.29 is 56.1 Å². The molecule has 0 unspecified atom stereocenters. The molecular formula is C73H97N7O12S. The lowest BCUT2D eigenvalue weighted by molar-refractivity contribution is -0.149. The lowest BCUT2D eigenvalue weighted by Gasteiger charge is -2.40. The van der Waals surface area contributed by atoms with Crippen LogP contribution in [-0.4, -0.2) is 99.3 Å².